The van der Waals surface area contributed by atoms with Gasteiger partial charge >= 0.3 is 0 Å². The quantitative estimate of drug-likeness (QED) is 0.898. The first-order valence-electron chi connectivity index (χ1n) is 7.05. The van der Waals surface area contributed by atoms with E-state index in [0.29, 0.717) is 5.02 Å². The number of halogens is 1. The molecule has 2 unspecified atom stereocenters. The summed E-state index contributed by atoms with van der Waals surface area (Å²) in [6.07, 6.45) is 4.31. The van der Waals surface area contributed by atoms with E-state index in [1.807, 2.05) is 37.4 Å². The Bertz CT molecular complexity index is 626. The predicted molar refractivity (Wildman–Crippen MR) is 81.1 cm³/mol. The van der Waals surface area contributed by atoms with E-state index < -0.39 is 6.10 Å². The minimum Gasteiger partial charge on any atom is -0.388 e. The first kappa shape index (κ1) is 13.6. The van der Waals surface area contributed by atoms with Gasteiger partial charge in [0.25, 0.3) is 0 Å². The van der Waals surface area contributed by atoms with Crippen molar-refractivity contribution in [1.29, 1.82) is 0 Å². The standard InChI is InChI=1S/C17H18ClNO/c1-11-5-2-8-13(15(11)18)17(20)14-9-3-6-12-7-4-10-19-16(12)14/h2,4-5,7-8,10,14,17,20H,3,6,9H2,1H3. The van der Waals surface area contributed by atoms with E-state index in [0.717, 1.165) is 36.1 Å². The molecule has 0 amide bonds. The lowest BCUT2D eigenvalue weighted by Crippen LogP contribution is -2.19. The number of nitrogens with zero attached hydrogens (tertiary/aromatic N) is 1. The van der Waals surface area contributed by atoms with Crippen molar-refractivity contribution in [3.05, 3.63) is 63.9 Å². The Kier molecular flexibility index (Phi) is 3.77. The molecule has 2 nitrogen and oxygen atoms in total. The molecule has 0 saturated heterocycles. The molecule has 0 aliphatic heterocycles. The normalized spacial score (nSPS) is 19.4. The smallest absolute Gasteiger partial charge is 0.0888 e. The van der Waals surface area contributed by atoms with E-state index >= 15 is 0 Å². The number of rotatable bonds is 2. The molecule has 1 aromatic carbocycles. The summed E-state index contributed by atoms with van der Waals surface area (Å²) in [6.45, 7) is 1.96. The number of fused-ring (bicyclic) bond motifs is 1. The van der Waals surface area contributed by atoms with Gasteiger partial charge in [0.05, 0.1) is 6.10 Å². The molecule has 1 aliphatic carbocycles. The fourth-order valence-corrected chi connectivity index (χ4v) is 3.31. The zero-order chi connectivity index (χ0) is 14.1. The van der Waals surface area contributed by atoms with E-state index in [1.54, 1.807) is 0 Å². The second kappa shape index (κ2) is 5.55. The molecule has 20 heavy (non-hydrogen) atoms. The molecule has 1 heterocycles. The van der Waals surface area contributed by atoms with Crippen molar-refractivity contribution < 1.29 is 5.11 Å². The summed E-state index contributed by atoms with van der Waals surface area (Å²) in [5.41, 5.74) is 4.10. The number of hydrogen-bond acceptors (Lipinski definition) is 2. The van der Waals surface area contributed by atoms with Gasteiger partial charge in [-0.25, -0.2) is 0 Å². The first-order valence-corrected chi connectivity index (χ1v) is 7.43. The number of aromatic nitrogens is 1. The molecule has 0 radical (unpaired) electrons. The van der Waals surface area contributed by atoms with Crippen molar-refractivity contribution in [2.24, 2.45) is 0 Å². The lowest BCUT2D eigenvalue weighted by atomic mass is 9.81. The molecule has 1 aromatic heterocycles. The maximum atomic E-state index is 10.8. The lowest BCUT2D eigenvalue weighted by Gasteiger charge is -2.29. The molecular weight excluding hydrogens is 270 g/mol. The van der Waals surface area contributed by atoms with Gasteiger partial charge < -0.3 is 5.11 Å². The van der Waals surface area contributed by atoms with Crippen LogP contribution in [0.4, 0.5) is 0 Å². The Balaban J connectivity index is 2.00. The van der Waals surface area contributed by atoms with Crippen LogP contribution in [-0.2, 0) is 6.42 Å². The molecule has 3 rings (SSSR count). The number of aliphatic hydroxyl groups is 1. The summed E-state index contributed by atoms with van der Waals surface area (Å²) in [4.78, 5) is 4.50. The number of benzene rings is 1. The second-order valence-electron chi connectivity index (χ2n) is 5.47. The summed E-state index contributed by atoms with van der Waals surface area (Å²) < 4.78 is 0. The van der Waals surface area contributed by atoms with Crippen LogP contribution in [-0.4, -0.2) is 10.1 Å². The summed E-state index contributed by atoms with van der Waals surface area (Å²) in [5, 5.41) is 11.4. The van der Waals surface area contributed by atoms with Gasteiger partial charge in [-0.05, 0) is 43.4 Å². The summed E-state index contributed by atoms with van der Waals surface area (Å²) in [5.74, 6) is 0.0410. The largest absolute Gasteiger partial charge is 0.388 e. The zero-order valence-electron chi connectivity index (χ0n) is 11.5. The maximum absolute atomic E-state index is 10.8. The summed E-state index contributed by atoms with van der Waals surface area (Å²) in [6, 6.07) is 9.90. The van der Waals surface area contributed by atoms with Crippen molar-refractivity contribution >= 4 is 11.6 Å². The van der Waals surface area contributed by atoms with Gasteiger partial charge in [0.2, 0.25) is 0 Å². The van der Waals surface area contributed by atoms with Crippen LogP contribution >= 0.6 is 11.6 Å². The Labute approximate surface area is 124 Å². The van der Waals surface area contributed by atoms with Gasteiger partial charge in [-0.3, -0.25) is 4.98 Å². The molecule has 1 aliphatic rings. The molecule has 1 N–H and O–H groups in total. The fraction of sp³-hybridized carbons (Fsp3) is 0.353. The van der Waals surface area contributed by atoms with E-state index in [1.165, 1.54) is 5.56 Å². The monoisotopic (exact) mass is 287 g/mol. The van der Waals surface area contributed by atoms with Crippen LogP contribution < -0.4 is 0 Å². The Morgan fingerprint density at radius 2 is 2.15 bits per heavy atom. The van der Waals surface area contributed by atoms with Crippen LogP contribution in [0.15, 0.2) is 36.5 Å². The third-order valence-corrected chi connectivity index (χ3v) is 4.68. The van der Waals surface area contributed by atoms with Crippen LogP contribution in [0.3, 0.4) is 0 Å². The number of aliphatic hydroxyl groups excluding tert-OH is 1. The molecule has 2 atom stereocenters. The minimum absolute atomic E-state index is 0.0410. The second-order valence-corrected chi connectivity index (χ2v) is 5.85. The number of aryl methyl sites for hydroxylation is 2. The highest BCUT2D eigenvalue weighted by Gasteiger charge is 2.30. The Hall–Kier alpha value is -1.38. The third kappa shape index (κ3) is 2.34. The summed E-state index contributed by atoms with van der Waals surface area (Å²) >= 11 is 6.35. The highest BCUT2D eigenvalue weighted by Crippen LogP contribution is 2.41. The Morgan fingerprint density at radius 1 is 1.30 bits per heavy atom. The van der Waals surface area contributed by atoms with Gasteiger partial charge in [-0.2, -0.15) is 0 Å². The van der Waals surface area contributed by atoms with Gasteiger partial charge in [-0.1, -0.05) is 35.9 Å². The fourth-order valence-electron chi connectivity index (χ4n) is 3.07. The molecule has 3 heteroatoms. The van der Waals surface area contributed by atoms with E-state index in [2.05, 4.69) is 11.1 Å². The zero-order valence-corrected chi connectivity index (χ0v) is 12.3. The lowest BCUT2D eigenvalue weighted by molar-refractivity contribution is 0.134. The number of hydrogen-bond donors (Lipinski definition) is 1. The van der Waals surface area contributed by atoms with Crippen molar-refractivity contribution in [3.63, 3.8) is 0 Å². The van der Waals surface area contributed by atoms with Crippen LogP contribution in [0.2, 0.25) is 5.02 Å². The molecule has 0 spiro atoms. The molecular formula is C17H18ClNO. The maximum Gasteiger partial charge on any atom is 0.0888 e. The van der Waals surface area contributed by atoms with E-state index in [-0.39, 0.29) is 5.92 Å². The van der Waals surface area contributed by atoms with E-state index in [9.17, 15) is 5.11 Å². The average molecular weight is 288 g/mol. The van der Waals surface area contributed by atoms with Crippen LogP contribution in [0.5, 0.6) is 0 Å². The predicted octanol–water partition coefficient (Wildman–Crippen LogP) is 4.20. The average Bonchev–Trinajstić information content (AvgIpc) is 2.49. The van der Waals surface area contributed by atoms with Crippen molar-refractivity contribution in [2.45, 2.75) is 38.2 Å². The van der Waals surface area contributed by atoms with Gasteiger partial charge in [0.15, 0.2) is 0 Å². The molecule has 0 saturated carbocycles. The molecule has 104 valence electrons. The highest BCUT2D eigenvalue weighted by molar-refractivity contribution is 6.32. The first-order chi connectivity index (χ1) is 9.68. The Morgan fingerprint density at radius 3 is 3.00 bits per heavy atom. The van der Waals surface area contributed by atoms with Crippen LogP contribution in [0.1, 0.15) is 47.2 Å². The van der Waals surface area contributed by atoms with Crippen LogP contribution in [0.25, 0.3) is 0 Å². The number of pyridine rings is 1. The third-order valence-electron chi connectivity index (χ3n) is 4.16. The van der Waals surface area contributed by atoms with Crippen molar-refractivity contribution in [1.82, 2.24) is 4.98 Å². The van der Waals surface area contributed by atoms with E-state index in [4.69, 9.17) is 11.6 Å². The molecule has 0 fully saturated rings. The van der Waals surface area contributed by atoms with Crippen molar-refractivity contribution in [2.75, 3.05) is 0 Å². The van der Waals surface area contributed by atoms with Crippen molar-refractivity contribution in [3.8, 4) is 0 Å². The summed E-state index contributed by atoms with van der Waals surface area (Å²) in [7, 11) is 0. The van der Waals surface area contributed by atoms with Gasteiger partial charge in [0.1, 0.15) is 0 Å². The van der Waals surface area contributed by atoms with Gasteiger partial charge in [-0.15, -0.1) is 0 Å². The topological polar surface area (TPSA) is 33.1 Å². The SMILES string of the molecule is Cc1cccc(C(O)C2CCCc3cccnc32)c1Cl. The molecule has 2 aromatic rings. The minimum atomic E-state index is -0.587. The highest BCUT2D eigenvalue weighted by atomic mass is 35.5. The van der Waals surface area contributed by atoms with Gasteiger partial charge in [0, 0.05) is 28.4 Å². The molecule has 0 bridgehead atoms. The van der Waals surface area contributed by atoms with Crippen LogP contribution in [0, 0.1) is 6.92 Å².